The van der Waals surface area contributed by atoms with Crippen LogP contribution in [0.25, 0.3) is 0 Å². The van der Waals surface area contributed by atoms with Gasteiger partial charge in [0.15, 0.2) is 0 Å². The third-order valence-corrected chi connectivity index (χ3v) is 3.62. The molecule has 0 saturated carbocycles. The zero-order chi connectivity index (χ0) is 7.28. The van der Waals surface area contributed by atoms with Crippen molar-refractivity contribution < 1.29 is 2.85 Å². The van der Waals surface area contributed by atoms with Gasteiger partial charge in [-0.05, 0) is 0 Å². The molecule has 0 radical (unpaired) electrons. The summed E-state index contributed by atoms with van der Waals surface area (Å²) in [4.78, 5) is 3.87. The van der Waals surface area contributed by atoms with E-state index in [4.69, 9.17) is 2.85 Å². The first kappa shape index (κ1) is 9.50. The fourth-order valence-corrected chi connectivity index (χ4v) is 3.33. The predicted octanol–water partition coefficient (Wildman–Crippen LogP) is 1.34. The molecule has 0 aliphatic carbocycles. The minimum atomic E-state index is -1.44. The standard InChI is InChI=1S/C4H8NO.2CH3.In/c1-4(6)3-5-2;;;/h3-4H,1-2H3;2*1H3;/q-1;;;+1. The molecule has 0 aliphatic heterocycles. The molecule has 1 unspecified atom stereocenters. The second-order valence-corrected chi connectivity index (χ2v) is 9.06. The molecule has 0 aromatic rings. The van der Waals surface area contributed by atoms with Crippen LogP contribution in [0.15, 0.2) is 4.99 Å². The van der Waals surface area contributed by atoms with E-state index < -0.39 is 21.9 Å². The van der Waals surface area contributed by atoms with Gasteiger partial charge in [-0.25, -0.2) is 0 Å². The Labute approximate surface area is 65.5 Å². The molecule has 0 saturated heterocycles. The van der Waals surface area contributed by atoms with E-state index in [0.29, 0.717) is 0 Å². The van der Waals surface area contributed by atoms with Crippen molar-refractivity contribution in [2.24, 2.45) is 4.99 Å². The van der Waals surface area contributed by atoms with Crippen LogP contribution in [0.1, 0.15) is 6.92 Å². The van der Waals surface area contributed by atoms with Crippen LogP contribution in [0.4, 0.5) is 0 Å². The SMILES string of the molecule is CN=CC(C)[O][In]([CH3])[CH3]. The van der Waals surface area contributed by atoms with Crippen molar-refractivity contribution in [1.29, 1.82) is 0 Å². The number of rotatable bonds is 3. The van der Waals surface area contributed by atoms with Gasteiger partial charge < -0.3 is 0 Å². The van der Waals surface area contributed by atoms with E-state index in [-0.39, 0.29) is 6.10 Å². The van der Waals surface area contributed by atoms with Crippen molar-refractivity contribution >= 4 is 28.1 Å². The average molecular weight is 231 g/mol. The Bertz CT molecular complexity index is 93.1. The first-order chi connectivity index (χ1) is 4.16. The molecule has 3 heteroatoms. The van der Waals surface area contributed by atoms with Crippen molar-refractivity contribution in [3.8, 4) is 0 Å². The molecular formula is C6H14InNO. The molecule has 0 spiro atoms. The molecular weight excluding hydrogens is 217 g/mol. The van der Waals surface area contributed by atoms with Gasteiger partial charge in [-0.15, -0.1) is 0 Å². The van der Waals surface area contributed by atoms with Gasteiger partial charge in [-0.1, -0.05) is 0 Å². The summed E-state index contributed by atoms with van der Waals surface area (Å²) < 4.78 is 10.00. The van der Waals surface area contributed by atoms with Gasteiger partial charge in [-0.3, -0.25) is 0 Å². The number of hydrogen-bond acceptors (Lipinski definition) is 2. The van der Waals surface area contributed by atoms with Gasteiger partial charge in [0, 0.05) is 0 Å². The Hall–Kier alpha value is 0.500. The van der Waals surface area contributed by atoms with Gasteiger partial charge in [0.2, 0.25) is 0 Å². The molecule has 0 aliphatic rings. The summed E-state index contributed by atoms with van der Waals surface area (Å²) in [6, 6.07) is 0. The van der Waals surface area contributed by atoms with E-state index in [0.717, 1.165) is 0 Å². The molecule has 52 valence electrons. The van der Waals surface area contributed by atoms with Gasteiger partial charge in [0.1, 0.15) is 0 Å². The van der Waals surface area contributed by atoms with Gasteiger partial charge >= 0.3 is 65.4 Å². The summed E-state index contributed by atoms with van der Waals surface area (Å²) in [6.07, 6.45) is 2.09. The van der Waals surface area contributed by atoms with Crippen LogP contribution in [0.2, 0.25) is 9.36 Å². The molecule has 0 N–H and O–H groups in total. The molecule has 2 nitrogen and oxygen atoms in total. The molecule has 0 fully saturated rings. The van der Waals surface area contributed by atoms with E-state index in [9.17, 15) is 0 Å². The monoisotopic (exact) mass is 231 g/mol. The first-order valence-corrected chi connectivity index (χ1v) is 11.2. The second kappa shape index (κ2) is 5.30. The van der Waals surface area contributed by atoms with E-state index in [2.05, 4.69) is 14.4 Å². The van der Waals surface area contributed by atoms with Crippen LogP contribution in [0.5, 0.6) is 0 Å². The van der Waals surface area contributed by atoms with Gasteiger partial charge in [0.05, 0.1) is 0 Å². The fourth-order valence-electron chi connectivity index (χ4n) is 0.674. The van der Waals surface area contributed by atoms with E-state index >= 15 is 0 Å². The van der Waals surface area contributed by atoms with Crippen LogP contribution in [-0.2, 0) is 2.85 Å². The zero-order valence-electron chi connectivity index (χ0n) is 6.59. The third kappa shape index (κ3) is 6.38. The van der Waals surface area contributed by atoms with Crippen LogP contribution in [0.3, 0.4) is 0 Å². The number of nitrogens with zero attached hydrogens (tertiary/aromatic N) is 1. The molecule has 0 heterocycles. The molecule has 0 aromatic carbocycles. The molecule has 1 atom stereocenters. The quantitative estimate of drug-likeness (QED) is 0.671. The van der Waals surface area contributed by atoms with Gasteiger partial charge in [0.25, 0.3) is 0 Å². The first-order valence-electron chi connectivity index (χ1n) is 3.24. The fraction of sp³-hybridized carbons (Fsp3) is 0.833. The topological polar surface area (TPSA) is 21.6 Å². The Morgan fingerprint density at radius 2 is 2.11 bits per heavy atom. The summed E-state index contributed by atoms with van der Waals surface area (Å²) in [5.74, 6) is 0. The second-order valence-electron chi connectivity index (χ2n) is 2.30. The van der Waals surface area contributed by atoms with E-state index in [1.54, 1.807) is 7.05 Å². The number of hydrogen-bond donors (Lipinski definition) is 0. The summed E-state index contributed by atoms with van der Waals surface area (Å²) >= 11 is -1.44. The Morgan fingerprint density at radius 1 is 1.56 bits per heavy atom. The normalized spacial score (nSPS) is 14.2. The predicted molar refractivity (Wildman–Crippen MR) is 42.4 cm³/mol. The zero-order valence-corrected chi connectivity index (χ0v) is 9.88. The average Bonchev–Trinajstić information content (AvgIpc) is 1.63. The summed E-state index contributed by atoms with van der Waals surface area (Å²) in [5, 5.41) is 0. The Kier molecular flexibility index (Phi) is 5.59. The summed E-state index contributed by atoms with van der Waals surface area (Å²) in [5.41, 5.74) is 0. The van der Waals surface area contributed by atoms with Crippen molar-refractivity contribution in [3.63, 3.8) is 0 Å². The summed E-state index contributed by atoms with van der Waals surface area (Å²) in [6.45, 7) is 2.03. The van der Waals surface area contributed by atoms with Crippen LogP contribution in [0, 0.1) is 0 Å². The van der Waals surface area contributed by atoms with E-state index in [1.165, 1.54) is 0 Å². The van der Waals surface area contributed by atoms with Gasteiger partial charge in [-0.2, -0.15) is 0 Å². The molecule has 0 aromatic heterocycles. The Morgan fingerprint density at radius 3 is 2.44 bits per heavy atom. The van der Waals surface area contributed by atoms with Crippen LogP contribution < -0.4 is 0 Å². The van der Waals surface area contributed by atoms with E-state index in [1.807, 2.05) is 13.1 Å². The maximum atomic E-state index is 5.55. The van der Waals surface area contributed by atoms with Crippen LogP contribution in [-0.4, -0.2) is 41.2 Å². The molecule has 0 amide bonds. The van der Waals surface area contributed by atoms with Crippen molar-refractivity contribution in [2.45, 2.75) is 22.4 Å². The maximum absolute atomic E-state index is 5.55. The number of aliphatic imine (C=N–C) groups is 1. The van der Waals surface area contributed by atoms with Crippen molar-refractivity contribution in [3.05, 3.63) is 0 Å². The minimum absolute atomic E-state index is 0.241. The summed E-state index contributed by atoms with van der Waals surface area (Å²) in [7, 11) is 1.77. The molecule has 0 bridgehead atoms. The molecule has 9 heavy (non-hydrogen) atoms. The van der Waals surface area contributed by atoms with Crippen LogP contribution >= 0.6 is 0 Å². The Balaban J connectivity index is 3.38. The van der Waals surface area contributed by atoms with Crippen molar-refractivity contribution in [1.82, 2.24) is 0 Å². The molecule has 0 rings (SSSR count). The third-order valence-electron chi connectivity index (χ3n) is 0.846. The van der Waals surface area contributed by atoms with Crippen molar-refractivity contribution in [2.75, 3.05) is 7.05 Å².